The molecule has 1 aliphatic rings. The lowest BCUT2D eigenvalue weighted by atomic mass is 9.95. The highest BCUT2D eigenvalue weighted by Crippen LogP contribution is 2.40. The average Bonchev–Trinajstić information content (AvgIpc) is 3.18. The molecule has 6 heteroatoms. The maximum Gasteiger partial charge on any atom is 0.295 e. The Bertz CT molecular complexity index is 1080. The van der Waals surface area contributed by atoms with Crippen LogP contribution in [0.3, 0.4) is 0 Å². The summed E-state index contributed by atoms with van der Waals surface area (Å²) in [5, 5.41) is 11.7. The molecular weight excluding hydrogens is 574 g/mol. The molecule has 0 spiro atoms. The van der Waals surface area contributed by atoms with Gasteiger partial charge in [0.2, 0.25) is 0 Å². The van der Waals surface area contributed by atoms with Crippen molar-refractivity contribution in [1.29, 1.82) is 0 Å². The van der Waals surface area contributed by atoms with E-state index in [1.165, 1.54) is 70.6 Å². The number of likely N-dealkylation sites (tertiary alicyclic amines) is 1. The number of ketones is 1. The first-order valence-electron chi connectivity index (χ1n) is 14.7. The minimum atomic E-state index is -0.638. The van der Waals surface area contributed by atoms with Crippen molar-refractivity contribution >= 4 is 45.0 Å². The first-order valence-corrected chi connectivity index (χ1v) is 15.9. The van der Waals surface area contributed by atoms with Crippen molar-refractivity contribution in [2.24, 2.45) is 0 Å². The van der Waals surface area contributed by atoms with Crippen LogP contribution in [0.5, 0.6) is 0 Å². The molecule has 3 rings (SSSR count). The number of unbranched alkanes of at least 4 members (excludes halogenated alkanes) is 13. The highest BCUT2D eigenvalue weighted by Gasteiger charge is 2.45. The van der Waals surface area contributed by atoms with E-state index in [2.05, 4.69) is 22.9 Å². The van der Waals surface area contributed by atoms with Gasteiger partial charge >= 0.3 is 0 Å². The highest BCUT2D eigenvalue weighted by molar-refractivity contribution is 9.10. The first kappa shape index (κ1) is 31.4. The predicted molar refractivity (Wildman–Crippen MR) is 165 cm³/mol. The zero-order valence-corrected chi connectivity index (χ0v) is 25.6. The number of hydrogen-bond donors (Lipinski definition) is 1. The maximum absolute atomic E-state index is 13.2. The summed E-state index contributed by atoms with van der Waals surface area (Å²) < 4.78 is 0.867. The van der Waals surface area contributed by atoms with E-state index in [1.807, 2.05) is 12.1 Å². The van der Waals surface area contributed by atoms with Gasteiger partial charge in [-0.1, -0.05) is 142 Å². The third-order valence-corrected chi connectivity index (χ3v) is 8.38. The fourth-order valence-corrected chi connectivity index (χ4v) is 5.73. The van der Waals surface area contributed by atoms with Crippen LogP contribution < -0.4 is 0 Å². The van der Waals surface area contributed by atoms with Crippen molar-refractivity contribution in [3.63, 3.8) is 0 Å². The first-order chi connectivity index (χ1) is 18.9. The molecular formula is C33H43BrClNO3. The predicted octanol–water partition coefficient (Wildman–Crippen LogP) is 10.0. The normalized spacial score (nSPS) is 16.8. The second kappa shape index (κ2) is 16.9. The van der Waals surface area contributed by atoms with Gasteiger partial charge in [0.1, 0.15) is 5.76 Å². The van der Waals surface area contributed by atoms with E-state index in [0.717, 1.165) is 29.3 Å². The number of hydrogen-bond acceptors (Lipinski definition) is 3. The molecule has 1 heterocycles. The quantitative estimate of drug-likeness (QED) is 0.0833. The number of amides is 1. The van der Waals surface area contributed by atoms with Crippen LogP contribution in [0.15, 0.2) is 58.6 Å². The van der Waals surface area contributed by atoms with Gasteiger partial charge in [-0.2, -0.15) is 0 Å². The van der Waals surface area contributed by atoms with Gasteiger partial charge in [0, 0.05) is 21.6 Å². The third-order valence-electron chi connectivity index (χ3n) is 7.60. The molecule has 1 aliphatic heterocycles. The molecule has 0 saturated carbocycles. The summed E-state index contributed by atoms with van der Waals surface area (Å²) in [5.74, 6) is -1.34. The second-order valence-electron chi connectivity index (χ2n) is 10.6. The zero-order valence-electron chi connectivity index (χ0n) is 23.3. The molecule has 0 aliphatic carbocycles. The van der Waals surface area contributed by atoms with E-state index < -0.39 is 17.7 Å². The van der Waals surface area contributed by atoms with Gasteiger partial charge in [-0.15, -0.1) is 0 Å². The molecule has 1 amide bonds. The molecule has 1 saturated heterocycles. The van der Waals surface area contributed by atoms with Gasteiger partial charge in [-0.05, 0) is 36.2 Å². The molecule has 1 unspecified atom stereocenters. The molecule has 1 fully saturated rings. The fraction of sp³-hybridized carbons (Fsp3) is 0.515. The van der Waals surface area contributed by atoms with Crippen LogP contribution in [-0.4, -0.2) is 28.2 Å². The summed E-state index contributed by atoms with van der Waals surface area (Å²) in [5.41, 5.74) is 1.41. The lowest BCUT2D eigenvalue weighted by molar-refractivity contribution is -0.139. The summed E-state index contributed by atoms with van der Waals surface area (Å²) >= 11 is 9.51. The monoisotopic (exact) mass is 615 g/mol. The van der Waals surface area contributed by atoms with Gasteiger partial charge < -0.3 is 10.0 Å². The van der Waals surface area contributed by atoms with E-state index in [9.17, 15) is 14.7 Å². The molecule has 2 aromatic rings. The Morgan fingerprint density at radius 3 is 1.77 bits per heavy atom. The molecule has 0 radical (unpaired) electrons. The number of carbonyl (C=O) groups excluding carboxylic acids is 2. The van der Waals surface area contributed by atoms with E-state index >= 15 is 0 Å². The molecule has 39 heavy (non-hydrogen) atoms. The second-order valence-corrected chi connectivity index (χ2v) is 12.0. The summed E-state index contributed by atoms with van der Waals surface area (Å²) in [6, 6.07) is 13.6. The number of halogens is 2. The van der Waals surface area contributed by atoms with Gasteiger partial charge in [0.25, 0.3) is 11.7 Å². The lowest BCUT2D eigenvalue weighted by Crippen LogP contribution is -2.30. The number of nitrogens with zero attached hydrogens (tertiary/aromatic N) is 1. The van der Waals surface area contributed by atoms with Crippen LogP contribution >= 0.6 is 27.5 Å². The Balaban J connectivity index is 1.52. The van der Waals surface area contributed by atoms with Crippen LogP contribution in [-0.2, 0) is 9.59 Å². The number of aliphatic hydroxyl groups excluding tert-OH is 1. The van der Waals surface area contributed by atoms with Crippen molar-refractivity contribution in [3.05, 3.63) is 74.7 Å². The van der Waals surface area contributed by atoms with Crippen LogP contribution in [0.2, 0.25) is 5.02 Å². The van der Waals surface area contributed by atoms with Gasteiger partial charge in [-0.25, -0.2) is 0 Å². The zero-order chi connectivity index (χ0) is 28.0. The number of Topliss-reactive ketones (excluding diaryl/α,β-unsaturated/α-hetero) is 1. The summed E-state index contributed by atoms with van der Waals surface area (Å²) in [7, 11) is 0. The highest BCUT2D eigenvalue weighted by atomic mass is 79.9. The maximum atomic E-state index is 13.2. The summed E-state index contributed by atoms with van der Waals surface area (Å²) in [6.07, 6.45) is 17.6. The van der Waals surface area contributed by atoms with Gasteiger partial charge in [-0.3, -0.25) is 9.59 Å². The Labute approximate surface area is 248 Å². The topological polar surface area (TPSA) is 57.6 Å². The van der Waals surface area contributed by atoms with Crippen LogP contribution in [0.1, 0.15) is 114 Å². The van der Waals surface area contributed by atoms with Gasteiger partial charge in [0.05, 0.1) is 11.6 Å². The van der Waals surface area contributed by atoms with Gasteiger partial charge in [0.15, 0.2) is 0 Å². The van der Waals surface area contributed by atoms with Crippen molar-refractivity contribution in [3.8, 4) is 0 Å². The molecule has 1 N–H and O–H groups in total. The number of rotatable bonds is 17. The minimum Gasteiger partial charge on any atom is -0.507 e. The van der Waals surface area contributed by atoms with Crippen LogP contribution in [0.25, 0.3) is 5.76 Å². The average molecular weight is 617 g/mol. The molecule has 212 valence electrons. The standard InChI is InChI=1S/C33H43BrClNO3/c1-2-3-4-5-6-7-8-9-10-11-12-13-14-15-24-36-30(25-18-22-28(35)23-19-25)29(32(38)33(36)39)31(37)26-16-20-27(34)21-17-26/h16-23,30,37H,2-15,24H2,1H3/b31-29-. The van der Waals surface area contributed by atoms with E-state index in [1.54, 1.807) is 41.3 Å². The SMILES string of the molecule is CCCCCCCCCCCCCCCCN1C(=O)C(=O)/C(=C(\O)c2ccc(Br)cc2)C1c1ccc(Cl)cc1. The van der Waals surface area contributed by atoms with Crippen molar-refractivity contribution < 1.29 is 14.7 Å². The summed E-state index contributed by atoms with van der Waals surface area (Å²) in [6.45, 7) is 2.74. The molecule has 0 bridgehead atoms. The number of benzene rings is 2. The number of aliphatic hydroxyl groups is 1. The van der Waals surface area contributed by atoms with Crippen molar-refractivity contribution in [2.75, 3.05) is 6.54 Å². The van der Waals surface area contributed by atoms with Crippen LogP contribution in [0.4, 0.5) is 0 Å². The smallest absolute Gasteiger partial charge is 0.295 e. The fourth-order valence-electron chi connectivity index (χ4n) is 5.34. The molecule has 4 nitrogen and oxygen atoms in total. The van der Waals surface area contributed by atoms with E-state index in [4.69, 9.17) is 11.6 Å². The largest absolute Gasteiger partial charge is 0.507 e. The Hall–Kier alpha value is -2.11. The summed E-state index contributed by atoms with van der Waals surface area (Å²) in [4.78, 5) is 27.9. The van der Waals surface area contributed by atoms with E-state index in [0.29, 0.717) is 17.1 Å². The lowest BCUT2D eigenvalue weighted by Gasteiger charge is -2.25. The van der Waals surface area contributed by atoms with Crippen molar-refractivity contribution in [1.82, 2.24) is 4.90 Å². The Morgan fingerprint density at radius 1 is 0.769 bits per heavy atom. The minimum absolute atomic E-state index is 0.134. The Kier molecular flexibility index (Phi) is 13.6. The molecule has 1 atom stereocenters. The molecule has 2 aromatic carbocycles. The third kappa shape index (κ3) is 9.49. The van der Waals surface area contributed by atoms with E-state index in [-0.39, 0.29) is 11.3 Å². The van der Waals surface area contributed by atoms with Crippen molar-refractivity contribution in [2.45, 2.75) is 103 Å². The number of carbonyl (C=O) groups is 2. The van der Waals surface area contributed by atoms with Crippen LogP contribution in [0, 0.1) is 0 Å². The molecule has 0 aromatic heterocycles. The Morgan fingerprint density at radius 2 is 1.26 bits per heavy atom.